The molecule has 0 amide bonds. The van der Waals surface area contributed by atoms with Gasteiger partial charge in [-0.3, -0.25) is 0 Å². The third-order valence-electron chi connectivity index (χ3n) is 5.23. The summed E-state index contributed by atoms with van der Waals surface area (Å²) < 4.78 is 15.7. The van der Waals surface area contributed by atoms with E-state index in [9.17, 15) is 5.11 Å². The topological polar surface area (TPSA) is 100 Å². The van der Waals surface area contributed by atoms with E-state index in [2.05, 4.69) is 9.55 Å². The van der Waals surface area contributed by atoms with E-state index in [0.29, 0.717) is 37.7 Å². The molecule has 170 valence electrons. The maximum absolute atomic E-state index is 10.5. The summed E-state index contributed by atoms with van der Waals surface area (Å²) in [5.74, 6) is 1.82. The molecule has 8 nitrogen and oxygen atoms in total. The summed E-state index contributed by atoms with van der Waals surface area (Å²) in [4.78, 5) is 9.28. The van der Waals surface area contributed by atoms with Crippen molar-refractivity contribution in [2.75, 3.05) is 18.9 Å². The second kappa shape index (κ2) is 9.18. The van der Waals surface area contributed by atoms with Crippen LogP contribution in [0, 0.1) is 0 Å². The number of anilines is 1. The van der Waals surface area contributed by atoms with Crippen LogP contribution in [-0.4, -0.2) is 43.0 Å². The summed E-state index contributed by atoms with van der Waals surface area (Å²) in [7, 11) is 0. The lowest BCUT2D eigenvalue weighted by Crippen LogP contribution is -2.27. The van der Waals surface area contributed by atoms with Crippen LogP contribution in [0.1, 0.15) is 33.0 Å². The molecule has 8 heteroatoms. The number of imidazole rings is 1. The molecule has 3 aromatic heterocycles. The molecule has 32 heavy (non-hydrogen) atoms. The molecule has 4 aromatic rings. The van der Waals surface area contributed by atoms with Crippen LogP contribution in [0.25, 0.3) is 21.9 Å². The number of benzene rings is 1. The van der Waals surface area contributed by atoms with Gasteiger partial charge in [-0.25, -0.2) is 9.97 Å². The minimum Gasteiger partial charge on any atom is -0.493 e. The number of nitrogens with zero attached hydrogens (tertiary/aromatic N) is 4. The van der Waals surface area contributed by atoms with Crippen LogP contribution in [0.3, 0.4) is 0 Å². The average molecular weight is 438 g/mol. The van der Waals surface area contributed by atoms with E-state index >= 15 is 0 Å². The Morgan fingerprint density at radius 1 is 1.16 bits per heavy atom. The highest BCUT2D eigenvalue weighted by molar-refractivity contribution is 6.06. The van der Waals surface area contributed by atoms with Gasteiger partial charge in [0.1, 0.15) is 23.7 Å². The first-order valence-corrected chi connectivity index (χ1v) is 11.0. The zero-order chi connectivity index (χ0) is 22.7. The minimum absolute atomic E-state index is 0.338. The third-order valence-corrected chi connectivity index (χ3v) is 5.23. The summed E-state index contributed by atoms with van der Waals surface area (Å²) in [5, 5.41) is 11.4. The number of aromatic nitrogens is 4. The molecule has 3 heterocycles. The number of rotatable bonds is 10. The van der Waals surface area contributed by atoms with Crippen LogP contribution in [0.2, 0.25) is 0 Å². The normalized spacial score (nSPS) is 12.1. The van der Waals surface area contributed by atoms with E-state index < -0.39 is 5.60 Å². The van der Waals surface area contributed by atoms with Crippen LogP contribution in [0.4, 0.5) is 5.82 Å². The van der Waals surface area contributed by atoms with Gasteiger partial charge in [0.05, 0.1) is 29.8 Å². The molecule has 0 aliphatic heterocycles. The number of nitrogens with two attached hydrogens (primary N) is 1. The summed E-state index contributed by atoms with van der Waals surface area (Å²) in [6.45, 7) is 8.28. The number of aryl methyl sites for hydroxylation is 1. The van der Waals surface area contributed by atoms with Crippen LogP contribution in [-0.2, 0) is 24.4 Å². The van der Waals surface area contributed by atoms with Crippen molar-refractivity contribution in [1.29, 1.82) is 0 Å². The molecule has 0 saturated heterocycles. The number of ether oxygens (including phenoxy) is 2. The number of hydrogen-bond donors (Lipinski definition) is 2. The summed E-state index contributed by atoms with van der Waals surface area (Å²) >= 11 is 0. The van der Waals surface area contributed by atoms with Crippen molar-refractivity contribution in [2.45, 2.75) is 52.5 Å². The standard InChI is InChI=1S/C24H31N5O3/c1-4-31-15-20-27-21-22(29(20)16-24(2,3)30)18-9-8-17(14-19(18)26-23(21)25)32-13-7-12-28-10-5-6-11-28/h5-6,8-11,14,30H,4,7,12-13,15-16H2,1-3H3,(H2,25,26). The van der Waals surface area contributed by atoms with Gasteiger partial charge in [-0.15, -0.1) is 0 Å². The molecule has 0 aliphatic rings. The van der Waals surface area contributed by atoms with Crippen molar-refractivity contribution >= 4 is 27.8 Å². The predicted octanol–water partition coefficient (Wildman–Crippen LogP) is 3.74. The van der Waals surface area contributed by atoms with E-state index in [1.54, 1.807) is 13.8 Å². The van der Waals surface area contributed by atoms with Gasteiger partial charge < -0.3 is 29.4 Å². The van der Waals surface area contributed by atoms with E-state index in [0.717, 1.165) is 41.0 Å². The molecular weight excluding hydrogens is 406 g/mol. The largest absolute Gasteiger partial charge is 0.493 e. The van der Waals surface area contributed by atoms with E-state index in [-0.39, 0.29) is 0 Å². The lowest BCUT2D eigenvalue weighted by molar-refractivity contribution is 0.0582. The van der Waals surface area contributed by atoms with Gasteiger partial charge in [-0.1, -0.05) is 0 Å². The zero-order valence-electron chi connectivity index (χ0n) is 18.9. The molecule has 0 atom stereocenters. The molecule has 0 bridgehead atoms. The lowest BCUT2D eigenvalue weighted by Gasteiger charge is -2.20. The van der Waals surface area contributed by atoms with Gasteiger partial charge in [0.15, 0.2) is 5.82 Å². The maximum Gasteiger partial charge on any atom is 0.152 e. The first kappa shape index (κ1) is 22.1. The third kappa shape index (κ3) is 4.87. The van der Waals surface area contributed by atoms with Gasteiger partial charge >= 0.3 is 0 Å². The van der Waals surface area contributed by atoms with Gasteiger partial charge in [0, 0.05) is 37.0 Å². The van der Waals surface area contributed by atoms with E-state index in [4.69, 9.17) is 20.2 Å². The van der Waals surface area contributed by atoms with Crippen molar-refractivity contribution in [3.8, 4) is 5.75 Å². The quantitative estimate of drug-likeness (QED) is 0.367. The molecule has 3 N–H and O–H groups in total. The highest BCUT2D eigenvalue weighted by atomic mass is 16.5. The molecule has 0 radical (unpaired) electrons. The van der Waals surface area contributed by atoms with E-state index in [1.165, 1.54) is 0 Å². The molecule has 0 fully saturated rings. The fraction of sp³-hybridized carbons (Fsp3) is 0.417. The molecular formula is C24H31N5O3. The molecule has 0 spiro atoms. The van der Waals surface area contributed by atoms with Crippen molar-refractivity contribution in [1.82, 2.24) is 19.1 Å². The Morgan fingerprint density at radius 3 is 2.66 bits per heavy atom. The summed E-state index contributed by atoms with van der Waals surface area (Å²) in [5.41, 5.74) is 7.57. The van der Waals surface area contributed by atoms with Gasteiger partial charge in [-0.05, 0) is 51.5 Å². The monoisotopic (exact) mass is 437 g/mol. The SMILES string of the molecule is CCOCc1nc2c(N)nc3cc(OCCCn4cccc4)ccc3c2n1CC(C)(C)O. The molecule has 4 rings (SSSR count). The Balaban J connectivity index is 1.66. The van der Waals surface area contributed by atoms with Crippen LogP contribution < -0.4 is 10.5 Å². The Kier molecular flexibility index (Phi) is 6.34. The molecule has 0 aliphatic carbocycles. The highest BCUT2D eigenvalue weighted by Crippen LogP contribution is 2.32. The smallest absolute Gasteiger partial charge is 0.152 e. The van der Waals surface area contributed by atoms with Crippen molar-refractivity contribution in [3.05, 3.63) is 48.5 Å². The van der Waals surface area contributed by atoms with Gasteiger partial charge in [0.25, 0.3) is 0 Å². The molecule has 0 unspecified atom stereocenters. The fourth-order valence-electron chi connectivity index (χ4n) is 3.84. The Bertz CT molecular complexity index is 1190. The minimum atomic E-state index is -0.929. The highest BCUT2D eigenvalue weighted by Gasteiger charge is 2.22. The first-order valence-electron chi connectivity index (χ1n) is 11.0. The fourth-order valence-corrected chi connectivity index (χ4v) is 3.84. The average Bonchev–Trinajstić information content (AvgIpc) is 3.37. The van der Waals surface area contributed by atoms with Crippen molar-refractivity contribution < 1.29 is 14.6 Å². The number of fused-ring (bicyclic) bond motifs is 3. The second-order valence-electron chi connectivity index (χ2n) is 8.56. The summed E-state index contributed by atoms with van der Waals surface area (Å²) in [6.07, 6.45) is 5.00. The van der Waals surface area contributed by atoms with Gasteiger partial charge in [0.2, 0.25) is 0 Å². The Labute approximate surface area is 187 Å². The first-order chi connectivity index (χ1) is 15.4. The Morgan fingerprint density at radius 2 is 1.94 bits per heavy atom. The van der Waals surface area contributed by atoms with Crippen molar-refractivity contribution in [3.63, 3.8) is 0 Å². The number of hydrogen-bond acceptors (Lipinski definition) is 6. The molecule has 0 saturated carbocycles. The second-order valence-corrected chi connectivity index (χ2v) is 8.56. The number of pyridine rings is 1. The van der Waals surface area contributed by atoms with Crippen molar-refractivity contribution in [2.24, 2.45) is 0 Å². The zero-order valence-corrected chi connectivity index (χ0v) is 18.9. The number of nitrogen functional groups attached to an aromatic ring is 1. The summed E-state index contributed by atoms with van der Waals surface area (Å²) in [6, 6.07) is 9.87. The number of aliphatic hydroxyl groups is 1. The maximum atomic E-state index is 10.5. The van der Waals surface area contributed by atoms with Gasteiger partial charge in [-0.2, -0.15) is 0 Å². The predicted molar refractivity (Wildman–Crippen MR) is 126 cm³/mol. The molecule has 1 aromatic carbocycles. The van der Waals surface area contributed by atoms with Crippen LogP contribution >= 0.6 is 0 Å². The van der Waals surface area contributed by atoms with Crippen LogP contribution in [0.5, 0.6) is 5.75 Å². The Hall–Kier alpha value is -3.10. The van der Waals surface area contributed by atoms with E-state index in [1.807, 2.05) is 54.2 Å². The van der Waals surface area contributed by atoms with Crippen LogP contribution in [0.15, 0.2) is 42.7 Å². The lowest BCUT2D eigenvalue weighted by atomic mass is 10.1.